The van der Waals surface area contributed by atoms with Crippen LogP contribution in [0.25, 0.3) is 0 Å². The molecule has 23 heavy (non-hydrogen) atoms. The molecule has 0 heterocycles. The fourth-order valence-electron chi connectivity index (χ4n) is 5.37. The zero-order valence-corrected chi connectivity index (χ0v) is 15.7. The summed E-state index contributed by atoms with van der Waals surface area (Å²) in [6.45, 7) is 12.2. The number of ether oxygens (including phenoxy) is 1. The van der Waals surface area contributed by atoms with Crippen molar-refractivity contribution in [2.75, 3.05) is 7.11 Å². The number of allylic oxidation sites excluding steroid dienone is 2. The van der Waals surface area contributed by atoms with Crippen LogP contribution in [0.2, 0.25) is 0 Å². The van der Waals surface area contributed by atoms with Gasteiger partial charge in [0.25, 0.3) is 0 Å². The molecule has 1 nitrogen and oxygen atoms in total. The molecule has 2 aliphatic carbocycles. The molecule has 0 saturated heterocycles. The molecule has 0 radical (unpaired) electrons. The number of rotatable bonds is 2. The van der Waals surface area contributed by atoms with E-state index in [-0.39, 0.29) is 0 Å². The molecule has 0 N–H and O–H groups in total. The molecule has 1 aromatic carbocycles. The van der Waals surface area contributed by atoms with Crippen LogP contribution in [-0.4, -0.2) is 7.11 Å². The van der Waals surface area contributed by atoms with E-state index in [2.05, 4.69) is 58.9 Å². The van der Waals surface area contributed by atoms with Crippen molar-refractivity contribution in [2.45, 2.75) is 66.2 Å². The lowest BCUT2D eigenvalue weighted by Gasteiger charge is -2.58. The average molecular weight is 312 g/mol. The van der Waals surface area contributed by atoms with Crippen molar-refractivity contribution in [3.8, 4) is 5.75 Å². The second-order valence-corrected chi connectivity index (χ2v) is 8.80. The Labute approximate surface area is 142 Å². The van der Waals surface area contributed by atoms with Crippen LogP contribution < -0.4 is 4.74 Å². The van der Waals surface area contributed by atoms with Gasteiger partial charge in [-0.15, -0.1) is 0 Å². The first-order valence-electron chi connectivity index (χ1n) is 9.07. The minimum Gasteiger partial charge on any atom is -0.497 e. The Morgan fingerprint density at radius 2 is 1.43 bits per heavy atom. The lowest BCUT2D eigenvalue weighted by Crippen LogP contribution is -2.47. The maximum Gasteiger partial charge on any atom is 0.118 e. The standard InChI is InChI=1S/C22H32O/c1-15-11-21(4)13-17(3)20(14-22(21,5)12-16(15)2)18-7-9-19(23-6)10-8-18/h7-10,17,20H,11-14H2,1-6H3. The van der Waals surface area contributed by atoms with Gasteiger partial charge in [0.05, 0.1) is 7.11 Å². The van der Waals surface area contributed by atoms with Gasteiger partial charge in [0.1, 0.15) is 5.75 Å². The summed E-state index contributed by atoms with van der Waals surface area (Å²) < 4.78 is 5.32. The van der Waals surface area contributed by atoms with Crippen molar-refractivity contribution >= 4 is 0 Å². The normalized spacial score (nSPS) is 37.5. The predicted octanol–water partition coefficient (Wildman–Crippen LogP) is 6.35. The van der Waals surface area contributed by atoms with Crippen molar-refractivity contribution in [1.29, 1.82) is 0 Å². The summed E-state index contributed by atoms with van der Waals surface area (Å²) in [6.07, 6.45) is 5.20. The Morgan fingerprint density at radius 1 is 0.913 bits per heavy atom. The van der Waals surface area contributed by atoms with Crippen LogP contribution in [0.5, 0.6) is 5.75 Å². The Balaban J connectivity index is 1.92. The quantitative estimate of drug-likeness (QED) is 0.578. The Morgan fingerprint density at radius 3 is 1.96 bits per heavy atom. The van der Waals surface area contributed by atoms with Crippen molar-refractivity contribution < 1.29 is 4.74 Å². The molecule has 1 heteroatoms. The molecule has 2 aliphatic rings. The highest BCUT2D eigenvalue weighted by Crippen LogP contribution is 2.63. The number of hydrogen-bond donors (Lipinski definition) is 0. The van der Waals surface area contributed by atoms with Crippen molar-refractivity contribution in [3.63, 3.8) is 0 Å². The number of benzene rings is 1. The van der Waals surface area contributed by atoms with Gasteiger partial charge in [-0.1, -0.05) is 44.1 Å². The molecule has 0 spiro atoms. The van der Waals surface area contributed by atoms with Gasteiger partial charge in [0, 0.05) is 0 Å². The maximum atomic E-state index is 5.32. The zero-order valence-electron chi connectivity index (χ0n) is 15.7. The van der Waals surface area contributed by atoms with E-state index in [4.69, 9.17) is 4.74 Å². The van der Waals surface area contributed by atoms with E-state index in [0.717, 1.165) is 11.7 Å². The summed E-state index contributed by atoms with van der Waals surface area (Å²) in [4.78, 5) is 0. The summed E-state index contributed by atoms with van der Waals surface area (Å²) in [6, 6.07) is 8.80. The van der Waals surface area contributed by atoms with Crippen LogP contribution in [0.4, 0.5) is 0 Å². The predicted molar refractivity (Wildman–Crippen MR) is 98.0 cm³/mol. The first kappa shape index (κ1) is 16.6. The number of hydrogen-bond acceptors (Lipinski definition) is 1. The van der Waals surface area contributed by atoms with Gasteiger partial charge in [-0.2, -0.15) is 0 Å². The van der Waals surface area contributed by atoms with E-state index in [9.17, 15) is 0 Å². The zero-order chi connectivity index (χ0) is 16.8. The molecule has 4 atom stereocenters. The molecule has 1 fully saturated rings. The highest BCUT2D eigenvalue weighted by molar-refractivity contribution is 5.32. The fraction of sp³-hybridized carbons (Fsp3) is 0.636. The maximum absolute atomic E-state index is 5.32. The largest absolute Gasteiger partial charge is 0.497 e. The SMILES string of the molecule is COc1ccc(C2CC3(C)CC(C)=C(C)CC3(C)CC2C)cc1. The average Bonchev–Trinajstić information content (AvgIpc) is 2.50. The third kappa shape index (κ3) is 2.73. The minimum absolute atomic E-state index is 0.424. The Hall–Kier alpha value is -1.24. The van der Waals surface area contributed by atoms with Crippen LogP contribution in [0.1, 0.15) is 71.8 Å². The van der Waals surface area contributed by atoms with Gasteiger partial charge in [-0.3, -0.25) is 0 Å². The summed E-state index contributed by atoms with van der Waals surface area (Å²) in [5.41, 5.74) is 5.64. The van der Waals surface area contributed by atoms with Crippen molar-refractivity contribution in [2.24, 2.45) is 16.7 Å². The smallest absolute Gasteiger partial charge is 0.118 e. The lowest BCUT2D eigenvalue weighted by atomic mass is 9.47. The Bertz CT molecular complexity index is 611. The number of methoxy groups -OCH3 is 1. The molecule has 4 unspecified atom stereocenters. The highest BCUT2D eigenvalue weighted by Gasteiger charge is 2.52. The highest BCUT2D eigenvalue weighted by atomic mass is 16.5. The van der Waals surface area contributed by atoms with Gasteiger partial charge in [-0.05, 0) is 79.9 Å². The van der Waals surface area contributed by atoms with Gasteiger partial charge in [-0.25, -0.2) is 0 Å². The summed E-state index contributed by atoms with van der Waals surface area (Å²) in [7, 11) is 1.74. The van der Waals surface area contributed by atoms with E-state index in [1.165, 1.54) is 31.2 Å². The summed E-state index contributed by atoms with van der Waals surface area (Å²) >= 11 is 0. The van der Waals surface area contributed by atoms with E-state index < -0.39 is 0 Å². The summed E-state index contributed by atoms with van der Waals surface area (Å²) in [5.74, 6) is 2.37. The second kappa shape index (κ2) is 5.69. The topological polar surface area (TPSA) is 9.23 Å². The molecule has 0 aliphatic heterocycles. The molecule has 3 rings (SSSR count). The molecule has 0 amide bonds. The third-order valence-electron chi connectivity index (χ3n) is 7.17. The first-order chi connectivity index (χ1) is 10.8. The second-order valence-electron chi connectivity index (χ2n) is 8.80. The van der Waals surface area contributed by atoms with Crippen molar-refractivity contribution in [3.05, 3.63) is 41.0 Å². The molecular formula is C22H32O. The monoisotopic (exact) mass is 312 g/mol. The third-order valence-corrected chi connectivity index (χ3v) is 7.17. The molecule has 0 aromatic heterocycles. The van der Waals surface area contributed by atoms with E-state index in [1.807, 2.05) is 0 Å². The van der Waals surface area contributed by atoms with Gasteiger partial charge in [0.15, 0.2) is 0 Å². The van der Waals surface area contributed by atoms with Gasteiger partial charge < -0.3 is 4.74 Å². The van der Waals surface area contributed by atoms with Crippen LogP contribution in [0.15, 0.2) is 35.4 Å². The minimum atomic E-state index is 0.424. The molecule has 1 saturated carbocycles. The van der Waals surface area contributed by atoms with Crippen molar-refractivity contribution in [1.82, 2.24) is 0 Å². The molecule has 126 valence electrons. The molecule has 1 aromatic rings. The number of fused-ring (bicyclic) bond motifs is 1. The fourth-order valence-corrected chi connectivity index (χ4v) is 5.37. The van der Waals surface area contributed by atoms with Crippen LogP contribution in [-0.2, 0) is 0 Å². The van der Waals surface area contributed by atoms with Gasteiger partial charge in [0.2, 0.25) is 0 Å². The lowest BCUT2D eigenvalue weighted by molar-refractivity contribution is -0.0272. The van der Waals surface area contributed by atoms with Crippen LogP contribution in [0, 0.1) is 16.7 Å². The van der Waals surface area contributed by atoms with E-state index >= 15 is 0 Å². The van der Waals surface area contributed by atoms with Crippen LogP contribution in [0.3, 0.4) is 0 Å². The molecular weight excluding hydrogens is 280 g/mol. The van der Waals surface area contributed by atoms with Crippen LogP contribution >= 0.6 is 0 Å². The Kier molecular flexibility index (Phi) is 4.11. The summed E-state index contributed by atoms with van der Waals surface area (Å²) in [5, 5.41) is 0. The van der Waals surface area contributed by atoms with E-state index in [1.54, 1.807) is 18.3 Å². The first-order valence-corrected chi connectivity index (χ1v) is 9.07. The molecule has 0 bridgehead atoms. The van der Waals surface area contributed by atoms with Gasteiger partial charge >= 0.3 is 0 Å². The van der Waals surface area contributed by atoms with E-state index in [0.29, 0.717) is 16.7 Å².